The number of hydrogen-bond donors (Lipinski definition) is 0. The molecule has 0 aliphatic carbocycles. The minimum absolute atomic E-state index is 0.149. The van der Waals surface area contributed by atoms with Crippen molar-refractivity contribution in [2.45, 2.75) is 13.1 Å². The van der Waals surface area contributed by atoms with Gasteiger partial charge in [0.15, 0.2) is 0 Å². The van der Waals surface area contributed by atoms with E-state index < -0.39 is 0 Å². The number of para-hydroxylation sites is 2. The van der Waals surface area contributed by atoms with Gasteiger partial charge in [0.05, 0.1) is 28.6 Å². The molecule has 1 amide bonds. The Kier molecular flexibility index (Phi) is 4.29. The number of pyridine rings is 1. The molecular formula is C21H22N6O. The second-order valence-corrected chi connectivity index (χ2v) is 7.22. The Hall–Kier alpha value is -3.19. The van der Waals surface area contributed by atoms with E-state index in [0.29, 0.717) is 6.54 Å². The van der Waals surface area contributed by atoms with Crippen LogP contribution in [0.1, 0.15) is 5.69 Å². The molecule has 0 bridgehead atoms. The Balaban J connectivity index is 1.19. The predicted octanol–water partition coefficient (Wildman–Crippen LogP) is 2.03. The van der Waals surface area contributed by atoms with Crippen molar-refractivity contribution in [3.63, 3.8) is 0 Å². The van der Waals surface area contributed by atoms with Crippen molar-refractivity contribution in [2.24, 2.45) is 0 Å². The molecule has 7 heteroatoms. The summed E-state index contributed by atoms with van der Waals surface area (Å²) in [5, 5.41) is 4.62. The number of amides is 1. The molecule has 5 rings (SSSR count). The van der Waals surface area contributed by atoms with Crippen LogP contribution in [0.4, 0.5) is 0 Å². The molecule has 28 heavy (non-hydrogen) atoms. The number of aromatic nitrogens is 4. The number of nitrogens with zero attached hydrogens (tertiary/aromatic N) is 6. The van der Waals surface area contributed by atoms with Crippen molar-refractivity contribution in [1.29, 1.82) is 0 Å². The summed E-state index contributed by atoms with van der Waals surface area (Å²) >= 11 is 0. The molecule has 1 aliphatic rings. The van der Waals surface area contributed by atoms with Gasteiger partial charge >= 0.3 is 0 Å². The summed E-state index contributed by atoms with van der Waals surface area (Å²) in [6.07, 6.45) is 3.72. The molecule has 1 saturated heterocycles. The van der Waals surface area contributed by atoms with E-state index in [9.17, 15) is 4.79 Å². The van der Waals surface area contributed by atoms with Gasteiger partial charge in [-0.2, -0.15) is 5.10 Å². The van der Waals surface area contributed by atoms with E-state index in [1.165, 1.54) is 0 Å². The Morgan fingerprint density at radius 2 is 1.82 bits per heavy atom. The molecule has 0 spiro atoms. The molecule has 0 unspecified atom stereocenters. The lowest BCUT2D eigenvalue weighted by Gasteiger charge is -2.34. The van der Waals surface area contributed by atoms with Crippen LogP contribution in [0.15, 0.2) is 61.1 Å². The zero-order chi connectivity index (χ0) is 18.9. The summed E-state index contributed by atoms with van der Waals surface area (Å²) in [6.45, 7) is 4.38. The Labute approximate surface area is 162 Å². The van der Waals surface area contributed by atoms with E-state index in [4.69, 9.17) is 0 Å². The van der Waals surface area contributed by atoms with Gasteiger partial charge in [-0.3, -0.25) is 9.69 Å². The second kappa shape index (κ2) is 7.09. The average molecular weight is 374 g/mol. The number of piperazine rings is 1. The van der Waals surface area contributed by atoms with E-state index in [-0.39, 0.29) is 5.91 Å². The molecule has 4 heterocycles. The summed E-state index contributed by atoms with van der Waals surface area (Å²) in [7, 11) is 0. The van der Waals surface area contributed by atoms with Crippen LogP contribution in [0, 0.1) is 0 Å². The number of hydrogen-bond acceptors (Lipinski definition) is 4. The van der Waals surface area contributed by atoms with E-state index in [1.807, 2.05) is 56.6 Å². The van der Waals surface area contributed by atoms with Crippen molar-refractivity contribution < 1.29 is 4.79 Å². The summed E-state index contributed by atoms with van der Waals surface area (Å²) < 4.78 is 3.84. The van der Waals surface area contributed by atoms with E-state index in [0.717, 1.165) is 55.0 Å². The summed E-state index contributed by atoms with van der Waals surface area (Å²) in [6, 6.07) is 16.1. The highest BCUT2D eigenvalue weighted by Crippen LogP contribution is 2.14. The zero-order valence-corrected chi connectivity index (χ0v) is 15.6. The fraction of sp³-hybridized carbons (Fsp3) is 0.286. The second-order valence-electron chi connectivity index (χ2n) is 7.22. The van der Waals surface area contributed by atoms with Gasteiger partial charge in [0.25, 0.3) is 0 Å². The molecule has 4 aromatic rings. The zero-order valence-electron chi connectivity index (χ0n) is 15.6. The summed E-state index contributed by atoms with van der Waals surface area (Å²) in [5.41, 5.74) is 4.10. The van der Waals surface area contributed by atoms with Crippen molar-refractivity contribution >= 4 is 22.5 Å². The van der Waals surface area contributed by atoms with Crippen LogP contribution in [0.2, 0.25) is 0 Å². The highest BCUT2D eigenvalue weighted by Gasteiger charge is 2.22. The first-order valence-corrected chi connectivity index (χ1v) is 9.59. The SMILES string of the molecule is O=C(Cn1cnc2ccccc21)N1CCN(Cc2cc3ccccn3n2)CC1. The van der Waals surface area contributed by atoms with Crippen LogP contribution < -0.4 is 0 Å². The van der Waals surface area contributed by atoms with Gasteiger partial charge in [0.1, 0.15) is 6.54 Å². The molecule has 1 aliphatic heterocycles. The van der Waals surface area contributed by atoms with Crippen LogP contribution in [0.3, 0.4) is 0 Å². The maximum Gasteiger partial charge on any atom is 0.242 e. The quantitative estimate of drug-likeness (QED) is 0.548. The lowest BCUT2D eigenvalue weighted by Crippen LogP contribution is -2.49. The predicted molar refractivity (Wildman–Crippen MR) is 107 cm³/mol. The number of carbonyl (C=O) groups is 1. The van der Waals surface area contributed by atoms with Crippen molar-refractivity contribution in [3.8, 4) is 0 Å². The molecular weight excluding hydrogens is 352 g/mol. The largest absolute Gasteiger partial charge is 0.339 e. The third-order valence-electron chi connectivity index (χ3n) is 5.36. The van der Waals surface area contributed by atoms with Crippen LogP contribution >= 0.6 is 0 Å². The van der Waals surface area contributed by atoms with Crippen molar-refractivity contribution in [3.05, 3.63) is 66.7 Å². The van der Waals surface area contributed by atoms with Crippen LogP contribution in [0.5, 0.6) is 0 Å². The summed E-state index contributed by atoms with van der Waals surface area (Å²) in [5.74, 6) is 0.149. The van der Waals surface area contributed by atoms with E-state index in [2.05, 4.69) is 27.1 Å². The van der Waals surface area contributed by atoms with Crippen molar-refractivity contribution in [2.75, 3.05) is 26.2 Å². The molecule has 7 nitrogen and oxygen atoms in total. The number of imidazole rings is 1. The number of benzene rings is 1. The number of fused-ring (bicyclic) bond motifs is 2. The molecule has 3 aromatic heterocycles. The Morgan fingerprint density at radius 1 is 1.00 bits per heavy atom. The minimum Gasteiger partial charge on any atom is -0.339 e. The standard InChI is InChI=1S/C21H22N6O/c28-21(15-26-16-22-19-6-1-2-7-20(19)26)25-11-9-24(10-12-25)14-17-13-18-5-3-4-8-27(18)23-17/h1-8,13,16H,9-12,14-15H2. The third-order valence-corrected chi connectivity index (χ3v) is 5.36. The smallest absolute Gasteiger partial charge is 0.242 e. The lowest BCUT2D eigenvalue weighted by atomic mass is 10.2. The first-order valence-electron chi connectivity index (χ1n) is 9.59. The van der Waals surface area contributed by atoms with Crippen LogP contribution in [0.25, 0.3) is 16.6 Å². The Bertz CT molecular complexity index is 1090. The van der Waals surface area contributed by atoms with E-state index in [1.54, 1.807) is 6.33 Å². The topological polar surface area (TPSA) is 58.7 Å². The minimum atomic E-state index is 0.149. The molecule has 0 radical (unpaired) electrons. The highest BCUT2D eigenvalue weighted by molar-refractivity contribution is 5.80. The monoisotopic (exact) mass is 374 g/mol. The molecule has 1 fully saturated rings. The van der Waals surface area contributed by atoms with Gasteiger partial charge in [-0.1, -0.05) is 18.2 Å². The number of rotatable bonds is 4. The van der Waals surface area contributed by atoms with Gasteiger partial charge in [-0.15, -0.1) is 0 Å². The fourth-order valence-corrected chi connectivity index (χ4v) is 3.83. The van der Waals surface area contributed by atoms with Gasteiger partial charge in [-0.05, 0) is 30.3 Å². The van der Waals surface area contributed by atoms with Gasteiger partial charge in [0.2, 0.25) is 5.91 Å². The van der Waals surface area contributed by atoms with Gasteiger partial charge < -0.3 is 9.47 Å². The maximum atomic E-state index is 12.7. The lowest BCUT2D eigenvalue weighted by molar-refractivity contribution is -0.133. The summed E-state index contributed by atoms with van der Waals surface area (Å²) in [4.78, 5) is 21.4. The molecule has 0 saturated carbocycles. The fourth-order valence-electron chi connectivity index (χ4n) is 3.83. The van der Waals surface area contributed by atoms with Crippen molar-refractivity contribution in [1.82, 2.24) is 29.0 Å². The molecule has 1 aromatic carbocycles. The van der Waals surface area contributed by atoms with Gasteiger partial charge in [-0.25, -0.2) is 9.50 Å². The van der Waals surface area contributed by atoms with E-state index >= 15 is 0 Å². The molecule has 0 atom stereocenters. The normalized spacial score (nSPS) is 15.5. The van der Waals surface area contributed by atoms with Crippen LogP contribution in [-0.4, -0.2) is 61.1 Å². The first kappa shape index (κ1) is 16.9. The van der Waals surface area contributed by atoms with Crippen LogP contribution in [-0.2, 0) is 17.9 Å². The third kappa shape index (κ3) is 3.25. The van der Waals surface area contributed by atoms with Gasteiger partial charge in [0, 0.05) is 38.9 Å². The molecule has 0 N–H and O–H groups in total. The number of carbonyl (C=O) groups excluding carboxylic acids is 1. The maximum absolute atomic E-state index is 12.7. The Morgan fingerprint density at radius 3 is 2.68 bits per heavy atom. The average Bonchev–Trinajstić information content (AvgIpc) is 3.32. The highest BCUT2D eigenvalue weighted by atomic mass is 16.2. The molecule has 142 valence electrons. The first-order chi connectivity index (χ1) is 13.8.